The van der Waals surface area contributed by atoms with Crippen LogP contribution in [0.4, 0.5) is 5.82 Å². The molecule has 62 valence electrons. The molecule has 2 heterocycles. The van der Waals surface area contributed by atoms with Crippen LogP contribution in [0, 0.1) is 0 Å². The van der Waals surface area contributed by atoms with Crippen molar-refractivity contribution in [1.29, 1.82) is 0 Å². The van der Waals surface area contributed by atoms with Gasteiger partial charge in [0.2, 0.25) is 0 Å². The zero-order valence-corrected chi connectivity index (χ0v) is 7.95. The van der Waals surface area contributed by atoms with Crippen molar-refractivity contribution in [2.45, 2.75) is 0 Å². The van der Waals surface area contributed by atoms with Crippen LogP contribution >= 0.6 is 20.6 Å². The number of nitrogen functional groups attached to an aromatic ring is 1. The summed E-state index contributed by atoms with van der Waals surface area (Å²) in [5, 5.41) is 6.46. The van der Waals surface area contributed by atoms with Crippen molar-refractivity contribution >= 4 is 31.1 Å². The van der Waals surface area contributed by atoms with E-state index >= 15 is 0 Å². The van der Waals surface area contributed by atoms with Crippen molar-refractivity contribution in [3.8, 4) is 10.7 Å². The molecule has 2 rings (SSSR count). The average molecular weight is 199 g/mol. The summed E-state index contributed by atoms with van der Waals surface area (Å²) in [5.74, 6) is 1.15. The monoisotopic (exact) mass is 199 g/mol. The summed E-state index contributed by atoms with van der Waals surface area (Å²) in [4.78, 5) is 8.84. The van der Waals surface area contributed by atoms with Gasteiger partial charge in [0, 0.05) is 0 Å². The number of thiazole rings is 1. The van der Waals surface area contributed by atoms with E-state index in [1.165, 1.54) is 17.7 Å². The Morgan fingerprint density at radius 1 is 1.58 bits per heavy atom. The number of nitrogens with one attached hydrogen (secondary N) is 1. The molecule has 0 aliphatic carbocycles. The summed E-state index contributed by atoms with van der Waals surface area (Å²) in [6, 6.07) is 0. The highest BCUT2D eigenvalue weighted by molar-refractivity contribution is 7.44. The molecule has 0 amide bonds. The predicted octanol–water partition coefficient (Wildman–Crippen LogP) is 0.0108. The van der Waals surface area contributed by atoms with E-state index in [2.05, 4.69) is 29.4 Å². The van der Waals surface area contributed by atoms with Crippen LogP contribution in [0.1, 0.15) is 0 Å². The zero-order chi connectivity index (χ0) is 8.55. The molecule has 1 atom stereocenters. The first-order valence-corrected chi connectivity index (χ1v) is 4.54. The van der Waals surface area contributed by atoms with Crippen molar-refractivity contribution < 1.29 is 0 Å². The van der Waals surface area contributed by atoms with Crippen LogP contribution in [0.3, 0.4) is 0 Å². The fraction of sp³-hybridized carbons (Fsp3) is 0. The Morgan fingerprint density at radius 2 is 2.42 bits per heavy atom. The highest BCUT2D eigenvalue weighted by Gasteiger charge is 2.09. The first kappa shape index (κ1) is 7.64. The number of rotatable bonds is 1. The van der Waals surface area contributed by atoms with Gasteiger partial charge in [-0.05, 0) is 0 Å². The third-order valence-corrected chi connectivity index (χ3v) is 2.69. The maximum Gasteiger partial charge on any atom is 0.169 e. The molecule has 0 bridgehead atoms. The second kappa shape index (κ2) is 2.80. The molecule has 0 aliphatic rings. The van der Waals surface area contributed by atoms with Gasteiger partial charge in [-0.15, -0.1) is 11.3 Å². The molecule has 1 unspecified atom stereocenters. The van der Waals surface area contributed by atoms with Gasteiger partial charge >= 0.3 is 0 Å². The fourth-order valence-corrected chi connectivity index (χ4v) is 2.02. The lowest BCUT2D eigenvalue weighted by Gasteiger charge is -1.88. The molecule has 0 aromatic carbocycles. The molecular weight excluding hydrogens is 193 g/mol. The minimum Gasteiger partial charge on any atom is -0.382 e. The first-order valence-electron chi connectivity index (χ1n) is 3.15. The molecule has 0 aliphatic heterocycles. The average Bonchev–Trinajstić information content (AvgIpc) is 2.58. The molecule has 5 nitrogen and oxygen atoms in total. The lowest BCUT2D eigenvalue weighted by atomic mass is 10.5. The zero-order valence-electron chi connectivity index (χ0n) is 5.98. The van der Waals surface area contributed by atoms with Crippen molar-refractivity contribution in [1.82, 2.24) is 20.2 Å². The van der Waals surface area contributed by atoms with E-state index in [9.17, 15) is 0 Å². The highest BCUT2D eigenvalue weighted by atomic mass is 32.1. The molecular formula is C5H6N5PS. The number of anilines is 1. The van der Waals surface area contributed by atoms with Gasteiger partial charge in [-0.1, -0.05) is 9.24 Å². The summed E-state index contributed by atoms with van der Waals surface area (Å²) in [5.41, 5.74) is 5.63. The molecule has 0 fully saturated rings. The van der Waals surface area contributed by atoms with E-state index in [4.69, 9.17) is 5.73 Å². The molecule has 2 aromatic rings. The quantitative estimate of drug-likeness (QED) is 0.634. The van der Waals surface area contributed by atoms with Crippen LogP contribution in [0.2, 0.25) is 0 Å². The van der Waals surface area contributed by atoms with Gasteiger partial charge in [-0.2, -0.15) is 5.10 Å². The number of hydrogen-bond donors (Lipinski definition) is 2. The summed E-state index contributed by atoms with van der Waals surface area (Å²) in [6.45, 7) is 0. The lowest BCUT2D eigenvalue weighted by Crippen LogP contribution is -1.91. The Hall–Kier alpha value is -1.00. The standard InChI is InChI=1S/C5H6N5PS/c6-3-2(12-5(11)9-3)4-7-1-8-10-4/h1H,6,11H2,(H,7,8,10). The maximum atomic E-state index is 5.63. The summed E-state index contributed by atoms with van der Waals surface area (Å²) in [6.07, 6.45) is 1.44. The molecule has 0 saturated heterocycles. The van der Waals surface area contributed by atoms with Gasteiger partial charge in [0.25, 0.3) is 0 Å². The second-order valence-corrected chi connectivity index (χ2v) is 4.10. The fourth-order valence-electron chi connectivity index (χ4n) is 0.834. The largest absolute Gasteiger partial charge is 0.382 e. The summed E-state index contributed by atoms with van der Waals surface area (Å²) in [7, 11) is 2.49. The van der Waals surface area contributed by atoms with E-state index in [-0.39, 0.29) is 0 Å². The normalized spacial score (nSPS) is 10.4. The Bertz CT molecular complexity index is 380. The van der Waals surface area contributed by atoms with Crippen LogP contribution in [0.15, 0.2) is 6.33 Å². The summed E-state index contributed by atoms with van der Waals surface area (Å²) < 4.78 is 0.846. The van der Waals surface area contributed by atoms with Crippen LogP contribution in [-0.4, -0.2) is 20.2 Å². The van der Waals surface area contributed by atoms with Crippen LogP contribution in [-0.2, 0) is 0 Å². The number of nitrogens with zero attached hydrogens (tertiary/aromatic N) is 3. The Morgan fingerprint density at radius 3 is 2.92 bits per heavy atom. The Kier molecular flexibility index (Phi) is 1.78. The van der Waals surface area contributed by atoms with Gasteiger partial charge in [0.05, 0.1) is 0 Å². The van der Waals surface area contributed by atoms with E-state index < -0.39 is 0 Å². The van der Waals surface area contributed by atoms with Gasteiger partial charge in [-0.3, -0.25) is 5.10 Å². The number of aromatic amines is 1. The molecule has 7 heteroatoms. The van der Waals surface area contributed by atoms with E-state index in [0.717, 1.165) is 9.63 Å². The molecule has 0 spiro atoms. The minimum atomic E-state index is 0.488. The summed E-state index contributed by atoms with van der Waals surface area (Å²) >= 11 is 1.47. The van der Waals surface area contributed by atoms with Crippen LogP contribution in [0.5, 0.6) is 0 Å². The maximum absolute atomic E-state index is 5.63. The molecule has 2 aromatic heterocycles. The van der Waals surface area contributed by atoms with Gasteiger partial charge in [-0.25, -0.2) is 9.97 Å². The third kappa shape index (κ3) is 1.19. The van der Waals surface area contributed by atoms with Crippen molar-refractivity contribution in [3.05, 3.63) is 6.33 Å². The highest BCUT2D eigenvalue weighted by Crippen LogP contribution is 2.25. The van der Waals surface area contributed by atoms with E-state index in [0.29, 0.717) is 11.6 Å². The van der Waals surface area contributed by atoms with Gasteiger partial charge in [0.15, 0.2) is 5.82 Å². The van der Waals surface area contributed by atoms with E-state index in [1.54, 1.807) is 0 Å². The van der Waals surface area contributed by atoms with Crippen molar-refractivity contribution in [2.75, 3.05) is 5.73 Å². The topological polar surface area (TPSA) is 80.5 Å². The SMILES string of the molecule is Nc1nc(P)sc1-c1ncn[nH]1. The Labute approximate surface area is 74.6 Å². The third-order valence-electron chi connectivity index (χ3n) is 1.30. The smallest absolute Gasteiger partial charge is 0.169 e. The predicted molar refractivity (Wildman–Crippen MR) is 51.2 cm³/mol. The Balaban J connectivity index is 2.54. The molecule has 12 heavy (non-hydrogen) atoms. The minimum absolute atomic E-state index is 0.488. The molecule has 0 saturated carbocycles. The van der Waals surface area contributed by atoms with Crippen LogP contribution < -0.4 is 10.5 Å². The number of aromatic nitrogens is 4. The van der Waals surface area contributed by atoms with E-state index in [1.807, 2.05) is 0 Å². The number of nitrogens with two attached hydrogens (primary N) is 1. The van der Waals surface area contributed by atoms with Crippen molar-refractivity contribution in [3.63, 3.8) is 0 Å². The second-order valence-electron chi connectivity index (χ2n) is 2.10. The molecule has 0 radical (unpaired) electrons. The molecule has 3 N–H and O–H groups in total. The van der Waals surface area contributed by atoms with Gasteiger partial charge < -0.3 is 5.73 Å². The van der Waals surface area contributed by atoms with Gasteiger partial charge in [0.1, 0.15) is 21.8 Å². The number of H-pyrrole nitrogens is 1. The van der Waals surface area contributed by atoms with Crippen LogP contribution in [0.25, 0.3) is 10.7 Å². The lowest BCUT2D eigenvalue weighted by molar-refractivity contribution is 1.10. The first-order chi connectivity index (χ1) is 5.77. The van der Waals surface area contributed by atoms with Crippen molar-refractivity contribution in [2.24, 2.45) is 0 Å². The number of hydrogen-bond acceptors (Lipinski definition) is 5.